The van der Waals surface area contributed by atoms with Crippen molar-refractivity contribution in [1.29, 1.82) is 0 Å². The lowest BCUT2D eigenvalue weighted by atomic mass is 10.1. The van der Waals surface area contributed by atoms with E-state index in [1.807, 2.05) is 6.92 Å². The van der Waals surface area contributed by atoms with E-state index in [9.17, 15) is 4.79 Å². The molecule has 88 valence electrons. The Bertz CT molecular complexity index is 186. The van der Waals surface area contributed by atoms with E-state index in [-0.39, 0.29) is 18.4 Å². The number of likely N-dealkylation sites (tertiary alicyclic amines) is 1. The number of aliphatic hydroxyl groups is 1. The van der Waals surface area contributed by atoms with E-state index in [1.165, 1.54) is 25.7 Å². The highest BCUT2D eigenvalue weighted by atomic mass is 16.3. The van der Waals surface area contributed by atoms with Crippen molar-refractivity contribution >= 4 is 5.78 Å². The molecule has 3 heteroatoms. The second kappa shape index (κ2) is 6.96. The van der Waals surface area contributed by atoms with Crippen LogP contribution in [0.3, 0.4) is 0 Å². The van der Waals surface area contributed by atoms with Crippen molar-refractivity contribution in [2.75, 3.05) is 19.7 Å². The Morgan fingerprint density at radius 1 is 1.27 bits per heavy atom. The molecule has 0 saturated carbocycles. The fourth-order valence-corrected chi connectivity index (χ4v) is 2.31. The zero-order valence-electron chi connectivity index (χ0n) is 9.74. The summed E-state index contributed by atoms with van der Waals surface area (Å²) < 4.78 is 0. The molecule has 1 aliphatic heterocycles. The van der Waals surface area contributed by atoms with Gasteiger partial charge in [0.25, 0.3) is 0 Å². The van der Waals surface area contributed by atoms with Gasteiger partial charge in [0.2, 0.25) is 0 Å². The van der Waals surface area contributed by atoms with E-state index < -0.39 is 0 Å². The molecule has 1 fully saturated rings. The first-order chi connectivity index (χ1) is 7.29. The van der Waals surface area contributed by atoms with Crippen LogP contribution in [0.1, 0.15) is 45.4 Å². The first kappa shape index (κ1) is 12.7. The Labute approximate surface area is 92.5 Å². The first-order valence-electron chi connectivity index (χ1n) is 6.17. The molecular weight excluding hydrogens is 190 g/mol. The Morgan fingerprint density at radius 2 is 1.87 bits per heavy atom. The minimum Gasteiger partial charge on any atom is -0.396 e. The fraction of sp³-hybridized carbons (Fsp3) is 0.917. The van der Waals surface area contributed by atoms with Gasteiger partial charge in [0.1, 0.15) is 5.78 Å². The molecule has 1 N–H and O–H groups in total. The number of rotatable bonds is 5. The van der Waals surface area contributed by atoms with Crippen LogP contribution in [0.4, 0.5) is 0 Å². The highest BCUT2D eigenvalue weighted by Crippen LogP contribution is 2.15. The highest BCUT2D eigenvalue weighted by Gasteiger charge is 2.24. The van der Waals surface area contributed by atoms with E-state index in [2.05, 4.69) is 4.90 Å². The second-order valence-electron chi connectivity index (χ2n) is 4.30. The lowest BCUT2D eigenvalue weighted by Gasteiger charge is -2.28. The Morgan fingerprint density at radius 3 is 2.33 bits per heavy atom. The third kappa shape index (κ3) is 3.92. The van der Waals surface area contributed by atoms with Crippen LogP contribution in [0.2, 0.25) is 0 Å². The van der Waals surface area contributed by atoms with Gasteiger partial charge in [-0.05, 0) is 32.4 Å². The van der Waals surface area contributed by atoms with Crippen molar-refractivity contribution in [3.63, 3.8) is 0 Å². The molecule has 1 aliphatic rings. The highest BCUT2D eigenvalue weighted by molar-refractivity contribution is 5.83. The summed E-state index contributed by atoms with van der Waals surface area (Å²) in [6.45, 7) is 4.07. The zero-order chi connectivity index (χ0) is 11.1. The maximum atomic E-state index is 11.8. The van der Waals surface area contributed by atoms with Crippen LogP contribution in [-0.4, -0.2) is 41.5 Å². The van der Waals surface area contributed by atoms with Gasteiger partial charge in [0, 0.05) is 13.0 Å². The number of ketones is 1. The van der Waals surface area contributed by atoms with Crippen LogP contribution in [0.5, 0.6) is 0 Å². The van der Waals surface area contributed by atoms with E-state index in [1.54, 1.807) is 0 Å². The van der Waals surface area contributed by atoms with E-state index in [4.69, 9.17) is 5.11 Å². The summed E-state index contributed by atoms with van der Waals surface area (Å²) >= 11 is 0. The summed E-state index contributed by atoms with van der Waals surface area (Å²) in [5, 5.41) is 9.00. The van der Waals surface area contributed by atoms with Gasteiger partial charge < -0.3 is 5.11 Å². The molecule has 1 atom stereocenters. The molecule has 15 heavy (non-hydrogen) atoms. The largest absolute Gasteiger partial charge is 0.396 e. The molecule has 3 nitrogen and oxygen atoms in total. The van der Waals surface area contributed by atoms with Crippen LogP contribution in [0.15, 0.2) is 0 Å². The second-order valence-corrected chi connectivity index (χ2v) is 4.30. The first-order valence-corrected chi connectivity index (χ1v) is 6.17. The molecule has 0 bridgehead atoms. The molecule has 0 spiro atoms. The Balaban J connectivity index is 2.55. The lowest BCUT2D eigenvalue weighted by Crippen LogP contribution is -2.42. The van der Waals surface area contributed by atoms with Gasteiger partial charge in [0.15, 0.2) is 0 Å². The third-order valence-electron chi connectivity index (χ3n) is 3.20. The van der Waals surface area contributed by atoms with Crippen LogP contribution < -0.4 is 0 Å². The van der Waals surface area contributed by atoms with Crippen LogP contribution in [-0.2, 0) is 4.79 Å². The molecule has 1 saturated heterocycles. The monoisotopic (exact) mass is 213 g/mol. The molecule has 0 amide bonds. The van der Waals surface area contributed by atoms with Gasteiger partial charge in [-0.1, -0.05) is 19.8 Å². The van der Waals surface area contributed by atoms with Crippen LogP contribution >= 0.6 is 0 Å². The molecule has 1 unspecified atom stereocenters. The quantitative estimate of drug-likeness (QED) is 0.754. The van der Waals surface area contributed by atoms with Gasteiger partial charge >= 0.3 is 0 Å². The number of hydrogen-bond donors (Lipinski definition) is 1. The van der Waals surface area contributed by atoms with Gasteiger partial charge in [-0.2, -0.15) is 0 Å². The Hall–Kier alpha value is -0.410. The molecule has 0 radical (unpaired) electrons. The number of nitrogens with zero attached hydrogens (tertiary/aromatic N) is 1. The summed E-state index contributed by atoms with van der Waals surface area (Å²) in [7, 11) is 0. The van der Waals surface area contributed by atoms with Crippen LogP contribution in [0.25, 0.3) is 0 Å². The normalized spacial score (nSPS) is 20.9. The molecule has 1 rings (SSSR count). The minimum atomic E-state index is -0.0295. The van der Waals surface area contributed by atoms with Crippen molar-refractivity contribution in [2.24, 2.45) is 0 Å². The molecular formula is C12H23NO2. The summed E-state index contributed by atoms with van der Waals surface area (Å²) in [6.07, 6.45) is 6.14. The predicted molar refractivity (Wildman–Crippen MR) is 60.8 cm³/mol. The average molecular weight is 213 g/mol. The van der Waals surface area contributed by atoms with Crippen molar-refractivity contribution in [3.8, 4) is 0 Å². The van der Waals surface area contributed by atoms with E-state index in [0.29, 0.717) is 12.8 Å². The molecule has 0 aromatic carbocycles. The zero-order valence-corrected chi connectivity index (χ0v) is 9.74. The van der Waals surface area contributed by atoms with E-state index in [0.717, 1.165) is 13.1 Å². The van der Waals surface area contributed by atoms with Gasteiger partial charge in [-0.3, -0.25) is 9.69 Å². The molecule has 0 aliphatic carbocycles. The van der Waals surface area contributed by atoms with Crippen molar-refractivity contribution in [3.05, 3.63) is 0 Å². The number of carbonyl (C=O) groups is 1. The lowest BCUT2D eigenvalue weighted by molar-refractivity contribution is -0.124. The van der Waals surface area contributed by atoms with Crippen LogP contribution in [0, 0.1) is 0 Å². The smallest absolute Gasteiger partial charge is 0.149 e. The molecule has 0 aromatic heterocycles. The predicted octanol–water partition coefficient (Wildman–Crippen LogP) is 1.59. The number of aliphatic hydroxyl groups excluding tert-OH is 1. The van der Waals surface area contributed by atoms with Crippen molar-refractivity contribution in [1.82, 2.24) is 4.90 Å². The number of Topliss-reactive ketones (excluding diaryl/α,β-unsaturated/α-hetero) is 1. The summed E-state index contributed by atoms with van der Waals surface area (Å²) in [5.74, 6) is 0.283. The fourth-order valence-electron chi connectivity index (χ4n) is 2.31. The molecule has 0 aromatic rings. The van der Waals surface area contributed by atoms with E-state index >= 15 is 0 Å². The maximum Gasteiger partial charge on any atom is 0.149 e. The standard InChI is InChI=1S/C12H23NO2/c1-2-12(15)11(7-10-14)13-8-5-3-4-6-9-13/h11,14H,2-10H2,1H3. The average Bonchev–Trinajstić information content (AvgIpc) is 2.53. The molecule has 1 heterocycles. The van der Waals surface area contributed by atoms with Gasteiger partial charge in [-0.15, -0.1) is 0 Å². The van der Waals surface area contributed by atoms with Gasteiger partial charge in [0.05, 0.1) is 6.04 Å². The third-order valence-corrected chi connectivity index (χ3v) is 3.20. The maximum absolute atomic E-state index is 11.8. The van der Waals surface area contributed by atoms with Crippen molar-refractivity contribution < 1.29 is 9.90 Å². The summed E-state index contributed by atoms with van der Waals surface area (Å²) in [4.78, 5) is 14.0. The number of carbonyl (C=O) groups excluding carboxylic acids is 1. The Kier molecular flexibility index (Phi) is 5.88. The van der Waals surface area contributed by atoms with Gasteiger partial charge in [-0.25, -0.2) is 0 Å². The SMILES string of the molecule is CCC(=O)C(CCO)N1CCCCCC1. The van der Waals surface area contributed by atoms with Crippen molar-refractivity contribution in [2.45, 2.75) is 51.5 Å². The summed E-state index contributed by atoms with van der Waals surface area (Å²) in [6, 6.07) is -0.0295. The topological polar surface area (TPSA) is 40.5 Å². The minimum absolute atomic E-state index is 0.0295. The number of hydrogen-bond acceptors (Lipinski definition) is 3. The summed E-state index contributed by atoms with van der Waals surface area (Å²) in [5.41, 5.74) is 0.